The number of nitrogens with zero attached hydrogens (tertiary/aromatic N) is 3. The summed E-state index contributed by atoms with van der Waals surface area (Å²) in [4.78, 5) is 27.4. The number of aromatic nitrogens is 2. The first-order chi connectivity index (χ1) is 16.4. The van der Waals surface area contributed by atoms with Gasteiger partial charge >= 0.3 is 6.03 Å². The van der Waals surface area contributed by atoms with E-state index in [2.05, 4.69) is 58.9 Å². The van der Waals surface area contributed by atoms with Crippen molar-refractivity contribution in [1.29, 1.82) is 0 Å². The van der Waals surface area contributed by atoms with Crippen molar-refractivity contribution < 1.29 is 4.79 Å². The van der Waals surface area contributed by atoms with E-state index < -0.39 is 0 Å². The molecule has 4 saturated carbocycles. The first kappa shape index (κ1) is 24.5. The smallest absolute Gasteiger partial charge is 0.321 e. The molecule has 4 bridgehead atoms. The second-order valence-corrected chi connectivity index (χ2v) is 13.3. The Balaban J connectivity index is 1.35. The summed E-state index contributed by atoms with van der Waals surface area (Å²) >= 11 is 0. The third-order valence-corrected chi connectivity index (χ3v) is 8.34. The zero-order chi connectivity index (χ0) is 25.0. The predicted octanol–water partition coefficient (Wildman–Crippen LogP) is 4.44. The average molecular weight is 482 g/mol. The Morgan fingerprint density at radius 3 is 1.94 bits per heavy atom. The minimum atomic E-state index is -0.171. The van der Waals surface area contributed by atoms with Gasteiger partial charge < -0.3 is 10.6 Å². The highest BCUT2D eigenvalue weighted by molar-refractivity contribution is 6.03. The monoisotopic (exact) mass is 481 g/mol. The van der Waals surface area contributed by atoms with Gasteiger partial charge in [-0.15, -0.1) is 0 Å². The lowest BCUT2D eigenvalue weighted by atomic mass is 9.53. The number of carbonyl (C=O) groups is 1. The molecule has 4 N–H and O–H groups in total. The van der Waals surface area contributed by atoms with Crippen molar-refractivity contribution in [1.82, 2.24) is 25.9 Å². The summed E-state index contributed by atoms with van der Waals surface area (Å²) in [6, 6.07) is 1.83. The number of piperidine rings is 1. The zero-order valence-corrected chi connectivity index (χ0v) is 22.3. The van der Waals surface area contributed by atoms with Gasteiger partial charge in [-0.3, -0.25) is 10.6 Å². The molecule has 8 heteroatoms. The lowest BCUT2D eigenvalue weighted by Crippen LogP contribution is -2.62. The molecule has 2 heterocycles. The van der Waals surface area contributed by atoms with Crippen molar-refractivity contribution in [3.05, 3.63) is 17.5 Å². The molecule has 0 unspecified atom stereocenters. The van der Waals surface area contributed by atoms with Crippen LogP contribution in [0.5, 0.6) is 0 Å². The van der Waals surface area contributed by atoms with Crippen LogP contribution in [0.15, 0.2) is 11.1 Å². The van der Waals surface area contributed by atoms with Gasteiger partial charge in [0.15, 0.2) is 0 Å². The van der Waals surface area contributed by atoms with Crippen LogP contribution in [-0.4, -0.2) is 44.6 Å². The van der Waals surface area contributed by atoms with Crippen LogP contribution in [-0.2, 0) is 0 Å². The highest BCUT2D eigenvalue weighted by Crippen LogP contribution is 2.55. The van der Waals surface area contributed by atoms with E-state index in [1.165, 1.54) is 19.3 Å². The second kappa shape index (κ2) is 8.71. The number of aryl methyl sites for hydroxylation is 2. The van der Waals surface area contributed by atoms with E-state index in [9.17, 15) is 4.79 Å². The number of aliphatic imine (C=N–C) groups is 1. The lowest BCUT2D eigenvalue weighted by Gasteiger charge is -2.56. The molecular formula is C27H43N7O. The van der Waals surface area contributed by atoms with Crippen LogP contribution in [0.25, 0.3) is 0 Å². The topological polar surface area (TPSA) is 103 Å². The fraction of sp³-hybridized carbons (Fsp3) is 0.778. The predicted molar refractivity (Wildman–Crippen MR) is 139 cm³/mol. The molecule has 1 saturated heterocycles. The second-order valence-electron chi connectivity index (χ2n) is 13.3. The van der Waals surface area contributed by atoms with Gasteiger partial charge in [0.2, 0.25) is 11.9 Å². The minimum Gasteiger partial charge on any atom is -0.332 e. The number of hydrogen-bond donors (Lipinski definition) is 4. The molecule has 5 aliphatic rings. The first-order valence-electron chi connectivity index (χ1n) is 13.4. The number of urea groups is 1. The molecule has 1 aromatic heterocycles. The number of anilines is 1. The molecule has 5 fully saturated rings. The molecule has 4 aliphatic carbocycles. The van der Waals surface area contributed by atoms with Crippen LogP contribution in [0, 0.1) is 31.6 Å². The van der Waals surface area contributed by atoms with Gasteiger partial charge in [-0.2, -0.15) is 0 Å². The van der Waals surface area contributed by atoms with Crippen LogP contribution in [0.3, 0.4) is 0 Å². The third-order valence-electron chi connectivity index (χ3n) is 8.34. The number of guanidine groups is 1. The third kappa shape index (κ3) is 5.79. The molecule has 0 radical (unpaired) electrons. The summed E-state index contributed by atoms with van der Waals surface area (Å²) in [5, 5.41) is 13.4. The molecule has 6 rings (SSSR count). The molecular weight excluding hydrogens is 438 g/mol. The van der Waals surface area contributed by atoms with E-state index in [1.54, 1.807) is 0 Å². The van der Waals surface area contributed by atoms with Crippen molar-refractivity contribution in [2.75, 3.05) is 5.32 Å². The maximum atomic E-state index is 13.4. The number of amides is 2. The normalized spacial score (nSPS) is 33.4. The van der Waals surface area contributed by atoms with E-state index in [1.807, 2.05) is 19.9 Å². The molecule has 2 amide bonds. The van der Waals surface area contributed by atoms with Gasteiger partial charge in [-0.25, -0.2) is 19.8 Å². The van der Waals surface area contributed by atoms with Gasteiger partial charge in [0, 0.05) is 28.0 Å². The molecule has 192 valence electrons. The average Bonchev–Trinajstić information content (AvgIpc) is 2.62. The van der Waals surface area contributed by atoms with Crippen LogP contribution in [0.2, 0.25) is 0 Å². The van der Waals surface area contributed by atoms with Crippen LogP contribution in [0.4, 0.5) is 10.7 Å². The maximum absolute atomic E-state index is 13.4. The molecule has 8 nitrogen and oxygen atoms in total. The van der Waals surface area contributed by atoms with Gasteiger partial charge in [-0.05, 0) is 117 Å². The quantitative estimate of drug-likeness (QED) is 0.378. The summed E-state index contributed by atoms with van der Waals surface area (Å²) in [5.41, 5.74) is 1.61. The summed E-state index contributed by atoms with van der Waals surface area (Å²) in [6.07, 6.45) is 9.16. The van der Waals surface area contributed by atoms with Crippen molar-refractivity contribution in [3.63, 3.8) is 0 Å². The Morgan fingerprint density at radius 1 is 0.914 bits per heavy atom. The summed E-state index contributed by atoms with van der Waals surface area (Å²) in [6.45, 7) is 12.7. The fourth-order valence-corrected chi connectivity index (χ4v) is 8.17. The van der Waals surface area contributed by atoms with E-state index in [-0.39, 0.29) is 28.7 Å². The van der Waals surface area contributed by atoms with Gasteiger partial charge in [0.05, 0.1) is 6.04 Å². The Morgan fingerprint density at radius 2 is 1.43 bits per heavy atom. The van der Waals surface area contributed by atoms with E-state index in [4.69, 9.17) is 4.99 Å². The first-order valence-corrected chi connectivity index (χ1v) is 13.4. The highest BCUT2D eigenvalue weighted by Gasteiger charge is 2.51. The van der Waals surface area contributed by atoms with Crippen LogP contribution < -0.4 is 21.3 Å². The summed E-state index contributed by atoms with van der Waals surface area (Å²) < 4.78 is 0. The highest BCUT2D eigenvalue weighted by atomic mass is 16.2. The number of nitrogens with one attached hydrogen (secondary N) is 4. The van der Waals surface area contributed by atoms with Gasteiger partial charge in [-0.1, -0.05) is 0 Å². The van der Waals surface area contributed by atoms with Crippen molar-refractivity contribution in [2.24, 2.45) is 22.7 Å². The summed E-state index contributed by atoms with van der Waals surface area (Å²) in [7, 11) is 0. The Kier molecular flexibility index (Phi) is 6.09. The molecule has 1 aliphatic heterocycles. The van der Waals surface area contributed by atoms with Crippen molar-refractivity contribution >= 4 is 17.9 Å². The molecule has 0 spiro atoms. The summed E-state index contributed by atoms with van der Waals surface area (Å²) in [5.74, 6) is 3.21. The molecule has 0 atom stereocenters. The Hall–Kier alpha value is -2.22. The van der Waals surface area contributed by atoms with E-state index >= 15 is 0 Å². The maximum Gasteiger partial charge on any atom is 0.321 e. The minimum absolute atomic E-state index is 0.0428. The van der Waals surface area contributed by atoms with Gasteiger partial charge in [0.25, 0.3) is 0 Å². The Bertz CT molecular complexity index is 943. The van der Waals surface area contributed by atoms with Crippen molar-refractivity contribution in [2.45, 2.75) is 116 Å². The number of rotatable bonds is 3. The Labute approximate surface area is 209 Å². The van der Waals surface area contributed by atoms with Crippen molar-refractivity contribution in [3.8, 4) is 0 Å². The van der Waals surface area contributed by atoms with E-state index in [0.29, 0.717) is 11.9 Å². The molecule has 1 aromatic rings. The van der Waals surface area contributed by atoms with Gasteiger partial charge in [0.1, 0.15) is 0 Å². The van der Waals surface area contributed by atoms with Crippen LogP contribution in [0.1, 0.15) is 90.4 Å². The van der Waals surface area contributed by atoms with E-state index in [0.717, 1.165) is 61.2 Å². The molecule has 0 aromatic carbocycles. The SMILES string of the molecule is Cc1cc(C)nc(NC(=NC2CC(C)(C)NC(C)(C)C2)NC(=O)NC23CC4CC(CC(C4)C2)C3)n1. The van der Waals surface area contributed by atoms with Crippen LogP contribution >= 0.6 is 0 Å². The molecule has 35 heavy (non-hydrogen) atoms. The fourth-order valence-electron chi connectivity index (χ4n) is 8.17. The standard InChI is InChI=1S/C27H43N7O/c1-16-7-17(2)29-22(28-16)31-23(30-21-14-25(3,4)34-26(5,6)15-21)32-24(35)33-27-11-18-8-19(12-27)10-20(9-18)13-27/h7,18-21,34H,8-15H2,1-6H3,(H3,28,29,30,31,32,33,35). The lowest BCUT2D eigenvalue weighted by molar-refractivity contribution is -0.0132. The number of hydrogen-bond acceptors (Lipinski definition) is 5. The largest absolute Gasteiger partial charge is 0.332 e. The zero-order valence-electron chi connectivity index (χ0n) is 22.3. The number of carbonyl (C=O) groups excluding carboxylic acids is 1.